The number of nitrogens with zero attached hydrogens (tertiary/aromatic N) is 1. The summed E-state index contributed by atoms with van der Waals surface area (Å²) in [5.41, 5.74) is 3.67. The summed E-state index contributed by atoms with van der Waals surface area (Å²) < 4.78 is 27.1. The molecule has 0 unspecified atom stereocenters. The van der Waals surface area contributed by atoms with Gasteiger partial charge in [-0.05, 0) is 67.1 Å². The summed E-state index contributed by atoms with van der Waals surface area (Å²) in [5.74, 6) is 0.500. The van der Waals surface area contributed by atoms with Crippen molar-refractivity contribution in [2.24, 2.45) is 5.10 Å². The number of carbonyl (C=O) groups is 2. The highest BCUT2D eigenvalue weighted by molar-refractivity contribution is 6.30. The van der Waals surface area contributed by atoms with Gasteiger partial charge < -0.3 is 23.7 Å². The molecule has 0 saturated heterocycles. The summed E-state index contributed by atoms with van der Waals surface area (Å²) in [6.45, 7) is 2.14. The highest BCUT2D eigenvalue weighted by atomic mass is 35.5. The minimum absolute atomic E-state index is 0.197. The zero-order chi connectivity index (χ0) is 26.1. The average molecular weight is 513 g/mol. The topological polar surface area (TPSA) is 105 Å². The number of methoxy groups -OCH3 is 3. The minimum atomic E-state index is -0.646. The number of hydrogen-bond acceptors (Lipinski definition) is 8. The smallest absolute Gasteiger partial charge is 0.343 e. The largest absolute Gasteiger partial charge is 0.493 e. The molecule has 0 heterocycles. The predicted molar refractivity (Wildman–Crippen MR) is 135 cm³/mol. The Morgan fingerprint density at radius 3 is 2.11 bits per heavy atom. The van der Waals surface area contributed by atoms with Crippen LogP contribution in [0.3, 0.4) is 0 Å². The summed E-state index contributed by atoms with van der Waals surface area (Å²) in [6.07, 6.45) is 1.45. The first-order valence-corrected chi connectivity index (χ1v) is 11.2. The number of benzene rings is 3. The Morgan fingerprint density at radius 2 is 1.53 bits per heavy atom. The van der Waals surface area contributed by atoms with Gasteiger partial charge in [0.05, 0.1) is 39.7 Å². The van der Waals surface area contributed by atoms with Crippen molar-refractivity contribution >= 4 is 29.7 Å². The van der Waals surface area contributed by atoms with Crippen LogP contribution in [0, 0.1) is 0 Å². The number of esters is 1. The highest BCUT2D eigenvalue weighted by Gasteiger charge is 2.20. The molecule has 0 fully saturated rings. The van der Waals surface area contributed by atoms with Gasteiger partial charge in [-0.1, -0.05) is 11.6 Å². The van der Waals surface area contributed by atoms with E-state index in [0.717, 1.165) is 0 Å². The van der Waals surface area contributed by atoms with Crippen molar-refractivity contribution in [2.45, 2.75) is 6.92 Å². The summed E-state index contributed by atoms with van der Waals surface area (Å²) in [6, 6.07) is 14.3. The molecule has 0 bridgehead atoms. The van der Waals surface area contributed by atoms with E-state index in [1.54, 1.807) is 49.4 Å². The molecule has 10 heteroatoms. The number of nitrogens with one attached hydrogen (secondary N) is 1. The van der Waals surface area contributed by atoms with Crippen molar-refractivity contribution in [1.82, 2.24) is 5.43 Å². The molecule has 36 heavy (non-hydrogen) atoms. The van der Waals surface area contributed by atoms with Gasteiger partial charge >= 0.3 is 5.97 Å². The Balaban J connectivity index is 1.77. The van der Waals surface area contributed by atoms with E-state index < -0.39 is 5.97 Å². The second kappa shape index (κ2) is 12.5. The van der Waals surface area contributed by atoms with Crippen molar-refractivity contribution in [1.29, 1.82) is 0 Å². The van der Waals surface area contributed by atoms with Gasteiger partial charge in [0.25, 0.3) is 5.91 Å². The lowest BCUT2D eigenvalue weighted by Crippen LogP contribution is -2.17. The van der Waals surface area contributed by atoms with Crippen molar-refractivity contribution in [3.05, 3.63) is 76.3 Å². The summed E-state index contributed by atoms with van der Waals surface area (Å²) in [4.78, 5) is 25.1. The Morgan fingerprint density at radius 1 is 0.861 bits per heavy atom. The van der Waals surface area contributed by atoms with Gasteiger partial charge in [0.15, 0.2) is 23.0 Å². The van der Waals surface area contributed by atoms with Gasteiger partial charge in [0.2, 0.25) is 5.75 Å². The summed E-state index contributed by atoms with van der Waals surface area (Å²) in [5, 5.41) is 4.51. The Kier molecular flexibility index (Phi) is 9.13. The second-order valence-electron chi connectivity index (χ2n) is 7.15. The number of carbonyl (C=O) groups excluding carboxylic acids is 2. The Bertz CT molecular complexity index is 1230. The molecule has 9 nitrogen and oxygen atoms in total. The van der Waals surface area contributed by atoms with Gasteiger partial charge in [-0.15, -0.1) is 0 Å². The van der Waals surface area contributed by atoms with E-state index in [1.165, 1.54) is 39.7 Å². The van der Waals surface area contributed by atoms with Crippen molar-refractivity contribution in [3.63, 3.8) is 0 Å². The molecule has 0 saturated carbocycles. The molecule has 1 N–H and O–H groups in total. The van der Waals surface area contributed by atoms with Crippen LogP contribution in [0.15, 0.2) is 59.7 Å². The number of amides is 1. The van der Waals surface area contributed by atoms with E-state index in [9.17, 15) is 9.59 Å². The first-order valence-electron chi connectivity index (χ1n) is 10.8. The molecule has 3 aromatic rings. The summed E-state index contributed by atoms with van der Waals surface area (Å²) in [7, 11) is 4.39. The van der Waals surface area contributed by atoms with Gasteiger partial charge in [-0.3, -0.25) is 4.79 Å². The molecule has 0 spiro atoms. The van der Waals surface area contributed by atoms with Gasteiger partial charge in [-0.25, -0.2) is 10.2 Å². The third-order valence-corrected chi connectivity index (χ3v) is 5.11. The first-order chi connectivity index (χ1) is 17.4. The lowest BCUT2D eigenvalue weighted by atomic mass is 10.1. The van der Waals surface area contributed by atoms with Crippen LogP contribution in [0.4, 0.5) is 0 Å². The Labute approximate surface area is 213 Å². The zero-order valence-corrected chi connectivity index (χ0v) is 20.9. The maximum Gasteiger partial charge on any atom is 0.343 e. The van der Waals surface area contributed by atoms with Gasteiger partial charge in [0.1, 0.15) is 0 Å². The number of ether oxygens (including phenoxy) is 5. The molecule has 0 aliphatic heterocycles. The van der Waals surface area contributed by atoms with Crippen LogP contribution >= 0.6 is 11.6 Å². The van der Waals surface area contributed by atoms with E-state index in [4.69, 9.17) is 35.3 Å². The van der Waals surface area contributed by atoms with Crippen LogP contribution in [0.1, 0.15) is 33.2 Å². The molecule has 1 amide bonds. The lowest BCUT2D eigenvalue weighted by Gasteiger charge is -2.15. The van der Waals surface area contributed by atoms with E-state index >= 15 is 0 Å². The van der Waals surface area contributed by atoms with E-state index in [2.05, 4.69) is 10.5 Å². The van der Waals surface area contributed by atoms with Crippen molar-refractivity contribution in [2.75, 3.05) is 27.9 Å². The molecular formula is C26H25ClN2O7. The van der Waals surface area contributed by atoms with Crippen LogP contribution in [0.25, 0.3) is 0 Å². The van der Waals surface area contributed by atoms with Crippen LogP contribution in [0.2, 0.25) is 5.02 Å². The molecule has 188 valence electrons. The lowest BCUT2D eigenvalue weighted by molar-refractivity contribution is 0.0727. The SMILES string of the molecule is CCOc1cc(/C=N/NC(=O)c2ccc(Cl)cc2)ccc1OC(=O)c1cc(OC)c(OC)c(OC)c1. The van der Waals surface area contributed by atoms with E-state index in [-0.39, 0.29) is 17.2 Å². The zero-order valence-electron chi connectivity index (χ0n) is 20.2. The fourth-order valence-corrected chi connectivity index (χ4v) is 3.27. The molecule has 0 aliphatic carbocycles. The van der Waals surface area contributed by atoms with Crippen LogP contribution in [-0.2, 0) is 0 Å². The molecule has 0 atom stereocenters. The second-order valence-corrected chi connectivity index (χ2v) is 7.59. The number of rotatable bonds is 10. The average Bonchev–Trinajstić information content (AvgIpc) is 2.89. The molecule has 3 rings (SSSR count). The van der Waals surface area contributed by atoms with E-state index in [1.807, 2.05) is 0 Å². The third kappa shape index (κ3) is 6.45. The van der Waals surface area contributed by atoms with Crippen LogP contribution < -0.4 is 29.1 Å². The first kappa shape index (κ1) is 26.4. The maximum absolute atomic E-state index is 12.9. The van der Waals surface area contributed by atoms with Crippen molar-refractivity contribution in [3.8, 4) is 28.7 Å². The molecule has 0 radical (unpaired) electrons. The molecule has 0 aromatic heterocycles. The fraction of sp³-hybridized carbons (Fsp3) is 0.192. The minimum Gasteiger partial charge on any atom is -0.493 e. The van der Waals surface area contributed by atoms with Crippen molar-refractivity contribution < 1.29 is 33.3 Å². The van der Waals surface area contributed by atoms with Crippen LogP contribution in [-0.4, -0.2) is 46.0 Å². The standard InChI is InChI=1S/C26H25ClN2O7/c1-5-35-21-12-16(15-28-29-25(30)17-7-9-19(27)10-8-17)6-11-20(21)36-26(31)18-13-22(32-2)24(34-4)23(14-18)33-3/h6-15H,5H2,1-4H3,(H,29,30)/b28-15+. The fourth-order valence-electron chi connectivity index (χ4n) is 3.15. The normalized spacial score (nSPS) is 10.6. The van der Waals surface area contributed by atoms with Gasteiger partial charge in [0, 0.05) is 10.6 Å². The molecule has 0 aliphatic rings. The monoisotopic (exact) mass is 512 g/mol. The maximum atomic E-state index is 12.9. The number of hydrogen-bond donors (Lipinski definition) is 1. The molecular weight excluding hydrogens is 488 g/mol. The van der Waals surface area contributed by atoms with Gasteiger partial charge in [-0.2, -0.15) is 5.10 Å². The van der Waals surface area contributed by atoms with E-state index in [0.29, 0.717) is 45.8 Å². The number of halogens is 1. The highest BCUT2D eigenvalue weighted by Crippen LogP contribution is 2.38. The molecule has 3 aromatic carbocycles. The predicted octanol–water partition coefficient (Wildman–Crippen LogP) is 4.75. The quantitative estimate of drug-likeness (QED) is 0.181. The number of hydrazone groups is 1. The summed E-state index contributed by atoms with van der Waals surface area (Å²) >= 11 is 5.84. The van der Waals surface area contributed by atoms with Crippen LogP contribution in [0.5, 0.6) is 28.7 Å². The third-order valence-electron chi connectivity index (χ3n) is 4.86. The Hall–Kier alpha value is -4.24.